The Labute approximate surface area is 107 Å². The average molecular weight is 249 g/mol. The molecule has 0 saturated carbocycles. The predicted octanol–water partition coefficient (Wildman–Crippen LogP) is 3.33. The molecule has 0 aliphatic carbocycles. The Kier molecular flexibility index (Phi) is 3.65. The highest BCUT2D eigenvalue weighted by Crippen LogP contribution is 2.23. The Hall–Kier alpha value is -1.12. The maximum absolute atomic E-state index is 6.00. The molecule has 1 aromatic carbocycles. The lowest BCUT2D eigenvalue weighted by Crippen LogP contribution is -2.13. The minimum absolute atomic E-state index is 0.482. The highest BCUT2D eigenvalue weighted by atomic mass is 35.5. The third-order valence-electron chi connectivity index (χ3n) is 2.96. The molecule has 0 aliphatic rings. The van der Waals surface area contributed by atoms with E-state index in [2.05, 4.69) is 18.0 Å². The Morgan fingerprint density at radius 2 is 2.12 bits per heavy atom. The highest BCUT2D eigenvalue weighted by molar-refractivity contribution is 6.31. The van der Waals surface area contributed by atoms with Gasteiger partial charge in [-0.05, 0) is 49.6 Å². The summed E-state index contributed by atoms with van der Waals surface area (Å²) in [5.41, 5.74) is 8.99. The van der Waals surface area contributed by atoms with E-state index in [0.717, 1.165) is 22.7 Å². The molecule has 1 aromatic heterocycles. The van der Waals surface area contributed by atoms with Crippen molar-refractivity contribution in [2.75, 3.05) is 6.54 Å². The second kappa shape index (κ2) is 5.03. The molecule has 2 aromatic rings. The van der Waals surface area contributed by atoms with Crippen LogP contribution in [0.2, 0.25) is 5.02 Å². The van der Waals surface area contributed by atoms with Crippen LogP contribution < -0.4 is 5.73 Å². The number of rotatable bonds is 3. The first-order valence-corrected chi connectivity index (χ1v) is 6.24. The minimum Gasteiger partial charge on any atom is -0.330 e. The number of hydrogen-bond donors (Lipinski definition) is 1. The number of hydrogen-bond acceptors (Lipinski definition) is 2. The molecule has 0 bridgehead atoms. The van der Waals surface area contributed by atoms with Crippen LogP contribution in [0.1, 0.15) is 18.2 Å². The maximum Gasteiger partial charge on any atom is 0.0722 e. The Balaban J connectivity index is 2.53. The van der Waals surface area contributed by atoms with Crippen LogP contribution in [0.5, 0.6) is 0 Å². The number of nitrogens with zero attached hydrogens (tertiary/aromatic N) is 1. The van der Waals surface area contributed by atoms with Crippen molar-refractivity contribution in [3.8, 4) is 0 Å². The largest absolute Gasteiger partial charge is 0.330 e. The normalized spacial score (nSPS) is 12.9. The average Bonchev–Trinajstić information content (AvgIpc) is 2.27. The Morgan fingerprint density at radius 1 is 1.35 bits per heavy atom. The molecule has 0 fully saturated rings. The van der Waals surface area contributed by atoms with E-state index in [1.54, 1.807) is 0 Å². The third-order valence-corrected chi connectivity index (χ3v) is 3.19. The number of pyridine rings is 1. The number of nitrogens with two attached hydrogens (primary N) is 1. The molecule has 0 spiro atoms. The van der Waals surface area contributed by atoms with Crippen molar-refractivity contribution >= 4 is 22.5 Å². The fraction of sp³-hybridized carbons (Fsp3) is 0.357. The highest BCUT2D eigenvalue weighted by Gasteiger charge is 2.08. The molecule has 1 atom stereocenters. The molecule has 0 aliphatic heterocycles. The van der Waals surface area contributed by atoms with Crippen molar-refractivity contribution in [3.05, 3.63) is 40.5 Å². The predicted molar refractivity (Wildman–Crippen MR) is 73.4 cm³/mol. The van der Waals surface area contributed by atoms with Gasteiger partial charge in [0.2, 0.25) is 0 Å². The maximum atomic E-state index is 6.00. The monoisotopic (exact) mass is 248 g/mol. The summed E-state index contributed by atoms with van der Waals surface area (Å²) >= 11 is 6.00. The Bertz CT molecular complexity index is 532. The smallest absolute Gasteiger partial charge is 0.0722 e. The molecule has 2 N–H and O–H groups in total. The second-order valence-electron chi connectivity index (χ2n) is 4.63. The zero-order valence-electron chi connectivity index (χ0n) is 10.2. The van der Waals surface area contributed by atoms with Gasteiger partial charge >= 0.3 is 0 Å². The zero-order valence-corrected chi connectivity index (χ0v) is 11.0. The third kappa shape index (κ3) is 2.76. The van der Waals surface area contributed by atoms with Crippen LogP contribution in [0.15, 0.2) is 24.3 Å². The van der Waals surface area contributed by atoms with Crippen molar-refractivity contribution in [1.29, 1.82) is 0 Å². The summed E-state index contributed by atoms with van der Waals surface area (Å²) in [5.74, 6) is 0.482. The van der Waals surface area contributed by atoms with Crippen molar-refractivity contribution in [3.63, 3.8) is 0 Å². The summed E-state index contributed by atoms with van der Waals surface area (Å²) in [6.07, 6.45) is 0.984. The summed E-state index contributed by atoms with van der Waals surface area (Å²) in [5, 5.41) is 1.91. The quantitative estimate of drug-likeness (QED) is 0.905. The van der Waals surface area contributed by atoms with Gasteiger partial charge in [-0.3, -0.25) is 4.98 Å². The van der Waals surface area contributed by atoms with Gasteiger partial charge in [-0.1, -0.05) is 24.6 Å². The fourth-order valence-corrected chi connectivity index (χ4v) is 2.21. The molecule has 1 heterocycles. The molecular weight excluding hydrogens is 232 g/mol. The van der Waals surface area contributed by atoms with Crippen LogP contribution in [0, 0.1) is 12.8 Å². The van der Waals surface area contributed by atoms with Gasteiger partial charge in [0.15, 0.2) is 0 Å². The van der Waals surface area contributed by atoms with Crippen molar-refractivity contribution < 1.29 is 0 Å². The first-order chi connectivity index (χ1) is 8.10. The number of fused-ring (bicyclic) bond motifs is 1. The van der Waals surface area contributed by atoms with Gasteiger partial charge in [-0.25, -0.2) is 0 Å². The summed E-state index contributed by atoms with van der Waals surface area (Å²) < 4.78 is 0. The van der Waals surface area contributed by atoms with Gasteiger partial charge in [-0.15, -0.1) is 0 Å². The van der Waals surface area contributed by atoms with Crippen LogP contribution in [-0.2, 0) is 6.42 Å². The molecule has 2 nitrogen and oxygen atoms in total. The SMILES string of the molecule is Cc1cc(CC(C)CN)c2ccc(Cl)cc2n1. The van der Waals surface area contributed by atoms with E-state index in [4.69, 9.17) is 17.3 Å². The van der Waals surface area contributed by atoms with Gasteiger partial charge in [0.1, 0.15) is 0 Å². The van der Waals surface area contributed by atoms with E-state index in [0.29, 0.717) is 12.5 Å². The van der Waals surface area contributed by atoms with Crippen LogP contribution in [0.4, 0.5) is 0 Å². The number of benzene rings is 1. The van der Waals surface area contributed by atoms with E-state index >= 15 is 0 Å². The minimum atomic E-state index is 0.482. The van der Waals surface area contributed by atoms with E-state index in [1.807, 2.05) is 25.1 Å². The molecular formula is C14H17ClN2. The zero-order chi connectivity index (χ0) is 12.4. The first-order valence-electron chi connectivity index (χ1n) is 5.86. The molecule has 3 heteroatoms. The van der Waals surface area contributed by atoms with Crippen LogP contribution in [-0.4, -0.2) is 11.5 Å². The van der Waals surface area contributed by atoms with Crippen LogP contribution >= 0.6 is 11.6 Å². The van der Waals surface area contributed by atoms with Crippen molar-refractivity contribution in [2.24, 2.45) is 11.7 Å². The number of aromatic nitrogens is 1. The van der Waals surface area contributed by atoms with E-state index in [-0.39, 0.29) is 0 Å². The second-order valence-corrected chi connectivity index (χ2v) is 5.07. The van der Waals surface area contributed by atoms with E-state index < -0.39 is 0 Å². The Morgan fingerprint density at radius 3 is 2.82 bits per heavy atom. The van der Waals surface area contributed by atoms with Gasteiger partial charge < -0.3 is 5.73 Å². The first kappa shape index (κ1) is 12.3. The van der Waals surface area contributed by atoms with Gasteiger partial charge in [0.25, 0.3) is 0 Å². The van der Waals surface area contributed by atoms with Gasteiger partial charge in [0.05, 0.1) is 5.52 Å². The van der Waals surface area contributed by atoms with Crippen LogP contribution in [0.3, 0.4) is 0 Å². The van der Waals surface area contributed by atoms with Gasteiger partial charge in [0, 0.05) is 16.1 Å². The molecule has 0 radical (unpaired) electrons. The number of halogens is 1. The lowest BCUT2D eigenvalue weighted by Gasteiger charge is -2.12. The standard InChI is InChI=1S/C14H17ClN2/c1-9(8-16)5-11-6-10(2)17-14-7-12(15)3-4-13(11)14/h3-4,6-7,9H,5,8,16H2,1-2H3. The number of aryl methyl sites for hydroxylation is 1. The molecule has 1 unspecified atom stereocenters. The van der Waals surface area contributed by atoms with Crippen molar-refractivity contribution in [1.82, 2.24) is 4.98 Å². The van der Waals surface area contributed by atoms with Crippen LogP contribution in [0.25, 0.3) is 10.9 Å². The topological polar surface area (TPSA) is 38.9 Å². The summed E-state index contributed by atoms with van der Waals surface area (Å²) in [7, 11) is 0. The molecule has 2 rings (SSSR count). The molecule has 0 amide bonds. The van der Waals surface area contributed by atoms with E-state index in [1.165, 1.54) is 10.9 Å². The van der Waals surface area contributed by atoms with Gasteiger partial charge in [-0.2, -0.15) is 0 Å². The summed E-state index contributed by atoms with van der Waals surface area (Å²) in [4.78, 5) is 4.51. The fourth-order valence-electron chi connectivity index (χ4n) is 2.05. The molecule has 90 valence electrons. The molecule has 17 heavy (non-hydrogen) atoms. The van der Waals surface area contributed by atoms with E-state index in [9.17, 15) is 0 Å². The molecule has 0 saturated heterocycles. The summed E-state index contributed by atoms with van der Waals surface area (Å²) in [6.45, 7) is 4.88. The summed E-state index contributed by atoms with van der Waals surface area (Å²) in [6, 6.07) is 8.02. The van der Waals surface area contributed by atoms with Crippen molar-refractivity contribution in [2.45, 2.75) is 20.3 Å². The lowest BCUT2D eigenvalue weighted by atomic mass is 9.97. The lowest BCUT2D eigenvalue weighted by molar-refractivity contribution is 0.595.